The lowest BCUT2D eigenvalue weighted by Gasteiger charge is -2.11. The molecule has 0 aliphatic rings. The lowest BCUT2D eigenvalue weighted by Crippen LogP contribution is -2.00. The van der Waals surface area contributed by atoms with Crippen LogP contribution < -0.4 is 0 Å². The topological polar surface area (TPSA) is 77.6 Å². The first-order valence-electron chi connectivity index (χ1n) is 16.3. The van der Waals surface area contributed by atoms with Gasteiger partial charge in [0.25, 0.3) is 0 Å². The molecular weight excluding hydrogens is 635 g/mol. The second-order valence-electron chi connectivity index (χ2n) is 12.0. The lowest BCUT2D eigenvalue weighted by molar-refractivity contribution is 0.669. The van der Waals surface area contributed by atoms with Crippen LogP contribution in [0.4, 0.5) is 0 Å². The summed E-state index contributed by atoms with van der Waals surface area (Å²) in [5, 5.41) is 3.00. The molecule has 0 spiro atoms. The van der Waals surface area contributed by atoms with Crippen LogP contribution in [0.3, 0.4) is 0 Å². The highest BCUT2D eigenvalue weighted by Gasteiger charge is 2.23. The van der Waals surface area contributed by atoms with Gasteiger partial charge in [0, 0.05) is 48.7 Å². The third kappa shape index (κ3) is 4.67. The zero-order valence-electron chi connectivity index (χ0n) is 26.5. The second-order valence-corrected chi connectivity index (χ2v) is 13.1. The Kier molecular flexibility index (Phi) is 6.57. The molecule has 7 heteroatoms. The fraction of sp³-hybridized carbons (Fsp3) is 0. The first-order valence-corrected chi connectivity index (χ1v) is 17.2. The number of hydrogen-bond donors (Lipinski definition) is 0. The molecule has 50 heavy (non-hydrogen) atoms. The van der Waals surface area contributed by atoms with Crippen molar-refractivity contribution in [3.63, 3.8) is 0 Å². The highest BCUT2D eigenvalue weighted by Crippen LogP contribution is 2.45. The van der Waals surface area contributed by atoms with Crippen molar-refractivity contribution in [1.29, 1.82) is 0 Å². The maximum absolute atomic E-state index is 6.58. The fourth-order valence-electron chi connectivity index (χ4n) is 6.67. The Morgan fingerprint density at radius 2 is 0.900 bits per heavy atom. The average molecular weight is 660 g/mol. The van der Waals surface area contributed by atoms with E-state index >= 15 is 0 Å². The molecule has 0 unspecified atom stereocenters. The number of rotatable bonds is 5. The van der Waals surface area contributed by atoms with Crippen LogP contribution in [-0.4, -0.2) is 24.9 Å². The maximum Gasteiger partial charge on any atom is 0.164 e. The Labute approximate surface area is 290 Å². The third-order valence-corrected chi connectivity index (χ3v) is 10.1. The number of furan rings is 1. The molecular formula is C43H25N5OS. The van der Waals surface area contributed by atoms with Gasteiger partial charge < -0.3 is 4.42 Å². The first kappa shape index (κ1) is 28.4. The van der Waals surface area contributed by atoms with Gasteiger partial charge in [-0.2, -0.15) is 0 Å². The van der Waals surface area contributed by atoms with Crippen LogP contribution in [0.1, 0.15) is 0 Å². The molecule has 10 rings (SSSR count). The summed E-state index contributed by atoms with van der Waals surface area (Å²) in [4.78, 5) is 25.5. The number of nitrogens with zero attached hydrogens (tertiary/aromatic N) is 5. The van der Waals surface area contributed by atoms with Crippen LogP contribution in [0.25, 0.3) is 99.1 Å². The zero-order chi connectivity index (χ0) is 33.0. The van der Waals surface area contributed by atoms with Gasteiger partial charge in [0.1, 0.15) is 11.2 Å². The van der Waals surface area contributed by atoms with Gasteiger partial charge in [0.2, 0.25) is 0 Å². The summed E-state index contributed by atoms with van der Waals surface area (Å²) in [6.07, 6.45) is 0. The maximum atomic E-state index is 6.58. The summed E-state index contributed by atoms with van der Waals surface area (Å²) in [6, 6.07) is 50.9. The molecule has 4 heterocycles. The van der Waals surface area contributed by atoms with Crippen molar-refractivity contribution in [2.24, 2.45) is 0 Å². The van der Waals surface area contributed by atoms with E-state index in [0.29, 0.717) is 23.3 Å². The van der Waals surface area contributed by atoms with Gasteiger partial charge in [-0.1, -0.05) is 133 Å². The van der Waals surface area contributed by atoms with Crippen LogP contribution in [0.2, 0.25) is 0 Å². The molecule has 0 radical (unpaired) electrons. The Bertz CT molecular complexity index is 2810. The van der Waals surface area contributed by atoms with Crippen molar-refractivity contribution < 1.29 is 4.42 Å². The lowest BCUT2D eigenvalue weighted by atomic mass is 9.99. The normalized spacial score (nSPS) is 11.6. The van der Waals surface area contributed by atoms with Crippen molar-refractivity contribution in [2.45, 2.75) is 0 Å². The number of benzene rings is 6. The van der Waals surface area contributed by atoms with Crippen molar-refractivity contribution in [2.75, 3.05) is 0 Å². The predicted octanol–water partition coefficient (Wildman–Crippen LogP) is 11.3. The molecule has 6 aromatic carbocycles. The van der Waals surface area contributed by atoms with E-state index in [2.05, 4.69) is 48.5 Å². The Morgan fingerprint density at radius 1 is 0.400 bits per heavy atom. The van der Waals surface area contributed by atoms with E-state index in [1.54, 1.807) is 11.3 Å². The number of hydrogen-bond acceptors (Lipinski definition) is 7. The Hall–Kier alpha value is -6.57. The molecule has 0 aliphatic carbocycles. The van der Waals surface area contributed by atoms with Gasteiger partial charge in [-0.25, -0.2) is 24.9 Å². The second kappa shape index (κ2) is 11.5. The highest BCUT2D eigenvalue weighted by molar-refractivity contribution is 7.26. The quantitative estimate of drug-likeness (QED) is 0.183. The van der Waals surface area contributed by atoms with Gasteiger partial charge in [0.05, 0.1) is 15.9 Å². The standard InChI is InChI=1S/C43H25N5OS/c1-4-14-26(15-5-1)40-44-37-29-20-10-11-25-34(29)50-39(37)38(45-40)30-21-12-23-32-35(30)36-31(22-13-24-33(36)49-32)43-47-41(27-16-6-2-7-17-27)46-42(48-43)28-18-8-3-9-19-28/h1-25H. The van der Waals surface area contributed by atoms with Crippen molar-refractivity contribution in [3.8, 4) is 56.8 Å². The summed E-state index contributed by atoms with van der Waals surface area (Å²) < 4.78 is 8.78. The van der Waals surface area contributed by atoms with E-state index in [-0.39, 0.29) is 0 Å². The molecule has 234 valence electrons. The molecule has 0 amide bonds. The summed E-state index contributed by atoms with van der Waals surface area (Å²) in [7, 11) is 0. The molecule has 4 aromatic heterocycles. The molecule has 10 aromatic rings. The van der Waals surface area contributed by atoms with Crippen LogP contribution in [0.15, 0.2) is 156 Å². The van der Waals surface area contributed by atoms with Crippen LogP contribution in [-0.2, 0) is 0 Å². The molecule has 0 N–H and O–H groups in total. The van der Waals surface area contributed by atoms with Gasteiger partial charge in [-0.05, 0) is 18.2 Å². The van der Waals surface area contributed by atoms with Gasteiger partial charge in [-0.15, -0.1) is 11.3 Å². The van der Waals surface area contributed by atoms with Gasteiger partial charge in [-0.3, -0.25) is 0 Å². The van der Waals surface area contributed by atoms with Crippen LogP contribution in [0, 0.1) is 0 Å². The average Bonchev–Trinajstić information content (AvgIpc) is 3.77. The van der Waals surface area contributed by atoms with E-state index in [1.165, 1.54) is 4.70 Å². The molecule has 0 bridgehead atoms. The molecule has 0 saturated heterocycles. The van der Waals surface area contributed by atoms with Gasteiger partial charge in [0.15, 0.2) is 23.3 Å². The largest absolute Gasteiger partial charge is 0.456 e. The minimum absolute atomic E-state index is 0.570. The van der Waals surface area contributed by atoms with Gasteiger partial charge >= 0.3 is 0 Å². The predicted molar refractivity (Wildman–Crippen MR) is 203 cm³/mol. The summed E-state index contributed by atoms with van der Waals surface area (Å²) in [5.41, 5.74) is 7.93. The summed E-state index contributed by atoms with van der Waals surface area (Å²) in [6.45, 7) is 0. The first-order chi connectivity index (χ1) is 24.8. The number of thiophene rings is 1. The SMILES string of the molecule is c1ccc(-c2nc(-c3ccccc3)nc(-c3cccc4oc5cccc(-c6nc(-c7ccccc7)nc7c6sc6ccccc67)c5c34)n2)cc1. The number of fused-ring (bicyclic) bond motifs is 6. The molecule has 0 aliphatic heterocycles. The van der Waals surface area contributed by atoms with E-state index in [4.69, 9.17) is 29.3 Å². The van der Waals surface area contributed by atoms with E-state index in [9.17, 15) is 0 Å². The Balaban J connectivity index is 1.28. The van der Waals surface area contributed by atoms with E-state index in [0.717, 1.165) is 71.1 Å². The summed E-state index contributed by atoms with van der Waals surface area (Å²) >= 11 is 1.71. The monoisotopic (exact) mass is 659 g/mol. The van der Waals surface area contributed by atoms with Crippen molar-refractivity contribution >= 4 is 53.6 Å². The molecule has 0 atom stereocenters. The minimum atomic E-state index is 0.570. The van der Waals surface area contributed by atoms with Crippen LogP contribution in [0.5, 0.6) is 0 Å². The number of aromatic nitrogens is 5. The smallest absolute Gasteiger partial charge is 0.164 e. The highest BCUT2D eigenvalue weighted by atomic mass is 32.1. The van der Waals surface area contributed by atoms with E-state index in [1.807, 2.05) is 103 Å². The minimum Gasteiger partial charge on any atom is -0.456 e. The fourth-order valence-corrected chi connectivity index (χ4v) is 7.81. The van der Waals surface area contributed by atoms with Crippen molar-refractivity contribution in [1.82, 2.24) is 24.9 Å². The zero-order valence-corrected chi connectivity index (χ0v) is 27.3. The van der Waals surface area contributed by atoms with E-state index < -0.39 is 0 Å². The van der Waals surface area contributed by atoms with Crippen molar-refractivity contribution in [3.05, 3.63) is 152 Å². The third-order valence-electron chi connectivity index (χ3n) is 8.97. The molecule has 6 nitrogen and oxygen atoms in total. The van der Waals surface area contributed by atoms with Crippen LogP contribution >= 0.6 is 11.3 Å². The Morgan fingerprint density at radius 3 is 1.52 bits per heavy atom. The summed E-state index contributed by atoms with van der Waals surface area (Å²) in [5.74, 6) is 2.46. The molecule has 0 saturated carbocycles. The molecule has 0 fully saturated rings.